The topological polar surface area (TPSA) is 48.0 Å². The first-order valence-electron chi connectivity index (χ1n) is 5.25. The first kappa shape index (κ1) is 10.7. The smallest absolute Gasteiger partial charge is 0.248 e. The summed E-state index contributed by atoms with van der Waals surface area (Å²) in [5, 5.41) is 1.13. The molecule has 0 unspecified atom stereocenters. The SMILES string of the molecule is C[C](C)Cn1ccc2ccc(C(N)=O)cc21. The van der Waals surface area contributed by atoms with Crippen molar-refractivity contribution in [1.82, 2.24) is 4.57 Å². The summed E-state index contributed by atoms with van der Waals surface area (Å²) in [6.45, 7) is 5.04. The second-order valence-electron chi connectivity index (χ2n) is 4.29. The van der Waals surface area contributed by atoms with Gasteiger partial charge in [-0.2, -0.15) is 0 Å². The van der Waals surface area contributed by atoms with Crippen LogP contribution in [-0.4, -0.2) is 10.5 Å². The van der Waals surface area contributed by atoms with Crippen LogP contribution < -0.4 is 5.73 Å². The van der Waals surface area contributed by atoms with Crippen LogP contribution in [0, 0.1) is 5.92 Å². The molecule has 2 aromatic rings. The van der Waals surface area contributed by atoms with E-state index in [0.717, 1.165) is 17.4 Å². The second kappa shape index (κ2) is 4.00. The molecule has 0 atom stereocenters. The van der Waals surface area contributed by atoms with Crippen molar-refractivity contribution in [3.63, 3.8) is 0 Å². The van der Waals surface area contributed by atoms with Gasteiger partial charge in [0.25, 0.3) is 0 Å². The Morgan fingerprint density at radius 3 is 2.69 bits per heavy atom. The zero-order valence-electron chi connectivity index (χ0n) is 9.53. The number of amides is 1. The number of fused-ring (bicyclic) bond motifs is 1. The molecular weight excluding hydrogens is 200 g/mol. The summed E-state index contributed by atoms with van der Waals surface area (Å²) < 4.78 is 2.12. The molecule has 0 bridgehead atoms. The van der Waals surface area contributed by atoms with Crippen LogP contribution >= 0.6 is 0 Å². The van der Waals surface area contributed by atoms with E-state index >= 15 is 0 Å². The van der Waals surface area contributed by atoms with Gasteiger partial charge in [0.15, 0.2) is 0 Å². The summed E-state index contributed by atoms with van der Waals surface area (Å²) in [4.78, 5) is 11.1. The monoisotopic (exact) mass is 215 g/mol. The third-order valence-corrected chi connectivity index (χ3v) is 2.54. The number of nitrogens with zero attached hydrogens (tertiary/aromatic N) is 1. The van der Waals surface area contributed by atoms with Crippen LogP contribution in [0.5, 0.6) is 0 Å². The van der Waals surface area contributed by atoms with Crippen molar-refractivity contribution >= 4 is 16.8 Å². The molecule has 0 aliphatic carbocycles. The van der Waals surface area contributed by atoms with Gasteiger partial charge in [-0.1, -0.05) is 19.9 Å². The van der Waals surface area contributed by atoms with E-state index in [4.69, 9.17) is 5.73 Å². The number of carbonyl (C=O) groups excluding carboxylic acids is 1. The molecule has 0 spiro atoms. The molecule has 0 saturated heterocycles. The average Bonchev–Trinajstić information content (AvgIpc) is 2.60. The van der Waals surface area contributed by atoms with Gasteiger partial charge < -0.3 is 10.3 Å². The summed E-state index contributed by atoms with van der Waals surface area (Å²) in [5.74, 6) is 0.939. The van der Waals surface area contributed by atoms with E-state index in [0.29, 0.717) is 5.56 Å². The normalized spacial score (nSPS) is 11.2. The molecule has 1 radical (unpaired) electrons. The highest BCUT2D eigenvalue weighted by atomic mass is 16.1. The highest BCUT2D eigenvalue weighted by Gasteiger charge is 2.06. The third kappa shape index (κ3) is 1.94. The maximum Gasteiger partial charge on any atom is 0.248 e. The van der Waals surface area contributed by atoms with Crippen LogP contribution in [0.1, 0.15) is 24.2 Å². The molecule has 3 heteroatoms. The van der Waals surface area contributed by atoms with Gasteiger partial charge in [-0.3, -0.25) is 4.79 Å². The number of hydrogen-bond donors (Lipinski definition) is 1. The number of primary amides is 1. The molecule has 1 aromatic carbocycles. The fourth-order valence-electron chi connectivity index (χ4n) is 1.82. The van der Waals surface area contributed by atoms with Crippen molar-refractivity contribution in [2.24, 2.45) is 5.73 Å². The largest absolute Gasteiger partial charge is 0.366 e. The lowest BCUT2D eigenvalue weighted by atomic mass is 10.1. The molecule has 1 heterocycles. The van der Waals surface area contributed by atoms with Crippen LogP contribution in [0.3, 0.4) is 0 Å². The molecule has 1 aromatic heterocycles. The summed E-state index contributed by atoms with van der Waals surface area (Å²) in [7, 11) is 0. The highest BCUT2D eigenvalue weighted by Crippen LogP contribution is 2.19. The zero-order valence-corrected chi connectivity index (χ0v) is 9.53. The van der Waals surface area contributed by atoms with Gasteiger partial charge in [-0.25, -0.2) is 0 Å². The van der Waals surface area contributed by atoms with Crippen LogP contribution in [0.25, 0.3) is 10.9 Å². The maximum atomic E-state index is 11.1. The Morgan fingerprint density at radius 1 is 1.31 bits per heavy atom. The Bertz CT molecular complexity index is 526. The molecule has 83 valence electrons. The van der Waals surface area contributed by atoms with Gasteiger partial charge in [0, 0.05) is 23.8 Å². The third-order valence-electron chi connectivity index (χ3n) is 2.54. The maximum absolute atomic E-state index is 11.1. The van der Waals surface area contributed by atoms with E-state index in [1.54, 1.807) is 6.07 Å². The number of benzene rings is 1. The molecule has 0 aliphatic heterocycles. The Hall–Kier alpha value is -1.77. The summed E-state index contributed by atoms with van der Waals surface area (Å²) in [6, 6.07) is 7.58. The summed E-state index contributed by atoms with van der Waals surface area (Å²) in [5.41, 5.74) is 6.88. The lowest BCUT2D eigenvalue weighted by Gasteiger charge is -2.08. The van der Waals surface area contributed by atoms with Crippen LogP contribution in [0.2, 0.25) is 0 Å². The van der Waals surface area contributed by atoms with E-state index in [1.165, 1.54) is 5.92 Å². The average molecular weight is 215 g/mol. The Balaban J connectivity index is 2.51. The van der Waals surface area contributed by atoms with E-state index in [9.17, 15) is 4.79 Å². The summed E-state index contributed by atoms with van der Waals surface area (Å²) >= 11 is 0. The first-order valence-corrected chi connectivity index (χ1v) is 5.25. The Kier molecular flexibility index (Phi) is 2.69. The predicted octanol–water partition coefficient (Wildman–Crippen LogP) is 2.35. The quantitative estimate of drug-likeness (QED) is 0.839. The molecule has 2 N–H and O–H groups in total. The number of nitrogens with two attached hydrogens (primary N) is 1. The molecule has 3 nitrogen and oxygen atoms in total. The van der Waals surface area contributed by atoms with Crippen molar-refractivity contribution in [2.45, 2.75) is 20.4 Å². The van der Waals surface area contributed by atoms with E-state index in [-0.39, 0.29) is 5.91 Å². The van der Waals surface area contributed by atoms with Gasteiger partial charge in [-0.05, 0) is 29.5 Å². The number of aromatic nitrogens is 1. The number of carbonyl (C=O) groups is 1. The second-order valence-corrected chi connectivity index (χ2v) is 4.29. The molecule has 0 aliphatic rings. The van der Waals surface area contributed by atoms with Crippen molar-refractivity contribution in [2.75, 3.05) is 0 Å². The minimum absolute atomic E-state index is 0.383. The molecule has 1 amide bonds. The standard InChI is InChI=1S/C13H15N2O/c1-9(2)8-15-6-5-10-3-4-11(13(14)16)7-12(10)15/h3-7H,8H2,1-2H3,(H2,14,16). The van der Waals surface area contributed by atoms with E-state index in [1.807, 2.05) is 24.4 Å². The van der Waals surface area contributed by atoms with Gasteiger partial charge >= 0.3 is 0 Å². The molecule has 0 fully saturated rings. The first-order chi connectivity index (χ1) is 7.58. The predicted molar refractivity (Wildman–Crippen MR) is 65.0 cm³/mol. The van der Waals surface area contributed by atoms with E-state index in [2.05, 4.69) is 18.4 Å². The molecular formula is C13H15N2O. The van der Waals surface area contributed by atoms with Gasteiger partial charge in [0.05, 0.1) is 0 Å². The highest BCUT2D eigenvalue weighted by molar-refractivity contribution is 5.97. The zero-order chi connectivity index (χ0) is 11.7. The number of rotatable bonds is 3. The minimum Gasteiger partial charge on any atom is -0.366 e. The van der Waals surface area contributed by atoms with Crippen molar-refractivity contribution in [1.29, 1.82) is 0 Å². The van der Waals surface area contributed by atoms with Crippen LogP contribution in [-0.2, 0) is 6.54 Å². The lowest BCUT2D eigenvalue weighted by molar-refractivity contribution is 0.100. The Morgan fingerprint density at radius 2 is 2.06 bits per heavy atom. The minimum atomic E-state index is -0.383. The fourth-order valence-corrected chi connectivity index (χ4v) is 1.82. The van der Waals surface area contributed by atoms with Gasteiger partial charge in [0.1, 0.15) is 0 Å². The lowest BCUT2D eigenvalue weighted by Crippen LogP contribution is -2.11. The van der Waals surface area contributed by atoms with Gasteiger partial charge in [0.2, 0.25) is 5.91 Å². The summed E-state index contributed by atoms with van der Waals surface area (Å²) in [6.07, 6.45) is 2.03. The van der Waals surface area contributed by atoms with Crippen molar-refractivity contribution in [3.8, 4) is 0 Å². The van der Waals surface area contributed by atoms with Crippen molar-refractivity contribution in [3.05, 3.63) is 41.9 Å². The molecule has 16 heavy (non-hydrogen) atoms. The van der Waals surface area contributed by atoms with Crippen LogP contribution in [0.15, 0.2) is 30.5 Å². The molecule has 0 saturated carbocycles. The van der Waals surface area contributed by atoms with Crippen LogP contribution in [0.4, 0.5) is 0 Å². The fraction of sp³-hybridized carbons (Fsp3) is 0.231. The Labute approximate surface area is 94.9 Å². The van der Waals surface area contributed by atoms with Gasteiger partial charge in [-0.15, -0.1) is 0 Å². The van der Waals surface area contributed by atoms with E-state index < -0.39 is 0 Å². The number of hydrogen-bond acceptors (Lipinski definition) is 1. The van der Waals surface area contributed by atoms with Crippen molar-refractivity contribution < 1.29 is 4.79 Å². The molecule has 2 rings (SSSR count).